The average molecular weight is 463 g/mol. The molecule has 8 heteroatoms. The second-order valence-electron chi connectivity index (χ2n) is 7.13. The number of nitriles is 1. The summed E-state index contributed by atoms with van der Waals surface area (Å²) in [4.78, 5) is 12.4. The number of amides is 1. The lowest BCUT2D eigenvalue weighted by Gasteiger charge is -2.10. The van der Waals surface area contributed by atoms with E-state index < -0.39 is 5.91 Å². The minimum absolute atomic E-state index is 0.0516. The smallest absolute Gasteiger partial charge is 0.262 e. The topological polar surface area (TPSA) is 103 Å². The second-order valence-corrected chi connectivity index (χ2v) is 7.13. The highest BCUT2D eigenvalue weighted by Crippen LogP contribution is 2.27. The van der Waals surface area contributed by atoms with Crippen molar-refractivity contribution < 1.29 is 28.2 Å². The normalized spacial score (nSPS) is 10.8. The Morgan fingerprint density at radius 1 is 0.971 bits per heavy atom. The third-order valence-electron chi connectivity index (χ3n) is 4.92. The van der Waals surface area contributed by atoms with Crippen molar-refractivity contribution in [2.45, 2.75) is 13.0 Å². The van der Waals surface area contributed by atoms with Crippen LogP contribution in [0.2, 0.25) is 0 Å². The molecule has 3 aromatic rings. The largest absolute Gasteiger partial charge is 0.497 e. The number of carbonyl (C=O) groups excluding carboxylic acids is 1. The summed E-state index contributed by atoms with van der Waals surface area (Å²) >= 11 is 0. The Morgan fingerprint density at radius 3 is 2.38 bits per heavy atom. The van der Waals surface area contributed by atoms with Crippen LogP contribution in [0.3, 0.4) is 0 Å². The van der Waals surface area contributed by atoms with Gasteiger partial charge in [0.25, 0.3) is 5.91 Å². The van der Waals surface area contributed by atoms with Gasteiger partial charge in [0.1, 0.15) is 41.3 Å². The lowest BCUT2D eigenvalue weighted by atomic mass is 10.1. The van der Waals surface area contributed by atoms with E-state index in [-0.39, 0.29) is 12.2 Å². The molecule has 0 spiro atoms. The number of nitrogens with one attached hydrogen (secondary N) is 1. The molecule has 0 saturated carbocycles. The Hall–Kier alpha value is -4.38. The number of hydrogen-bond donors (Lipinski definition) is 1. The van der Waals surface area contributed by atoms with E-state index in [0.717, 1.165) is 11.3 Å². The van der Waals surface area contributed by atoms with Gasteiger partial charge in [0.05, 0.1) is 21.3 Å². The van der Waals surface area contributed by atoms with Crippen molar-refractivity contribution in [2.75, 3.05) is 27.9 Å². The first-order chi connectivity index (χ1) is 16.6. The highest BCUT2D eigenvalue weighted by molar-refractivity contribution is 6.01. The number of carbonyl (C=O) groups is 1. The Kier molecular flexibility index (Phi) is 8.58. The van der Waals surface area contributed by atoms with E-state index in [1.807, 2.05) is 24.3 Å². The van der Waals surface area contributed by atoms with Gasteiger partial charge in [-0.1, -0.05) is 6.07 Å². The zero-order valence-corrected chi connectivity index (χ0v) is 19.3. The van der Waals surface area contributed by atoms with E-state index in [1.165, 1.54) is 6.08 Å². The molecule has 0 aliphatic heterocycles. The van der Waals surface area contributed by atoms with E-state index in [2.05, 4.69) is 5.32 Å². The Balaban J connectivity index is 1.53. The van der Waals surface area contributed by atoms with E-state index >= 15 is 0 Å². The van der Waals surface area contributed by atoms with Crippen LogP contribution < -0.4 is 24.3 Å². The molecule has 1 amide bonds. The molecule has 2 aromatic carbocycles. The minimum atomic E-state index is -0.476. The first kappa shape index (κ1) is 24.3. The summed E-state index contributed by atoms with van der Waals surface area (Å²) in [5.74, 6) is 3.14. The molecule has 0 unspecified atom stereocenters. The molecular formula is C26H26N2O6. The molecule has 3 rings (SSSR count). The number of methoxy groups -OCH3 is 3. The molecule has 0 aliphatic rings. The lowest BCUT2D eigenvalue weighted by Crippen LogP contribution is -2.26. The van der Waals surface area contributed by atoms with Crippen LogP contribution in [0, 0.1) is 11.3 Å². The number of nitrogens with zero attached hydrogens (tertiary/aromatic N) is 1. The summed E-state index contributed by atoms with van der Waals surface area (Å²) in [5, 5.41) is 12.2. The molecule has 1 N–H and O–H groups in total. The van der Waals surface area contributed by atoms with Gasteiger partial charge in [-0.15, -0.1) is 0 Å². The SMILES string of the molecule is COc1ccc(OCc2ccc(C=C(C#N)C(=O)NCCc3ccc(OC)c(OC)c3)o2)cc1. The van der Waals surface area contributed by atoms with Crippen LogP contribution >= 0.6 is 0 Å². The van der Waals surface area contributed by atoms with Crippen LogP contribution in [0.4, 0.5) is 0 Å². The summed E-state index contributed by atoms with van der Waals surface area (Å²) in [6, 6.07) is 18.1. The third kappa shape index (κ3) is 6.56. The van der Waals surface area contributed by atoms with Crippen LogP contribution in [0.15, 0.2) is 64.6 Å². The van der Waals surface area contributed by atoms with Crippen molar-refractivity contribution in [3.63, 3.8) is 0 Å². The fraction of sp³-hybridized carbons (Fsp3) is 0.231. The summed E-state index contributed by atoms with van der Waals surface area (Å²) in [7, 11) is 4.74. The van der Waals surface area contributed by atoms with Gasteiger partial charge in [-0.25, -0.2) is 0 Å². The van der Waals surface area contributed by atoms with E-state index in [1.54, 1.807) is 57.7 Å². The van der Waals surface area contributed by atoms with Crippen molar-refractivity contribution in [3.8, 4) is 29.1 Å². The van der Waals surface area contributed by atoms with Crippen LogP contribution in [0.1, 0.15) is 17.1 Å². The Bertz CT molecular complexity index is 1170. The van der Waals surface area contributed by atoms with E-state index in [4.69, 9.17) is 23.4 Å². The van der Waals surface area contributed by atoms with Crippen molar-refractivity contribution >= 4 is 12.0 Å². The second kappa shape index (κ2) is 12.0. The number of ether oxygens (including phenoxy) is 4. The van der Waals surface area contributed by atoms with E-state index in [0.29, 0.717) is 41.7 Å². The fourth-order valence-electron chi connectivity index (χ4n) is 3.12. The molecule has 0 radical (unpaired) electrons. The summed E-state index contributed by atoms with van der Waals surface area (Å²) in [5.41, 5.74) is 0.914. The molecule has 176 valence electrons. The van der Waals surface area contributed by atoms with Crippen molar-refractivity contribution in [1.82, 2.24) is 5.32 Å². The van der Waals surface area contributed by atoms with Gasteiger partial charge in [0, 0.05) is 12.6 Å². The molecule has 0 bridgehead atoms. The monoisotopic (exact) mass is 462 g/mol. The molecule has 1 aromatic heterocycles. The number of hydrogen-bond acceptors (Lipinski definition) is 7. The van der Waals surface area contributed by atoms with Gasteiger partial charge in [0.2, 0.25) is 0 Å². The predicted molar refractivity (Wildman–Crippen MR) is 126 cm³/mol. The molecule has 1 heterocycles. The van der Waals surface area contributed by atoms with Crippen LogP contribution in [0.5, 0.6) is 23.0 Å². The summed E-state index contributed by atoms with van der Waals surface area (Å²) < 4.78 is 27.0. The van der Waals surface area contributed by atoms with Crippen LogP contribution in [-0.4, -0.2) is 33.8 Å². The van der Waals surface area contributed by atoms with Gasteiger partial charge in [-0.3, -0.25) is 4.79 Å². The molecule has 0 aliphatic carbocycles. The van der Waals surface area contributed by atoms with Crippen molar-refractivity contribution in [2.24, 2.45) is 0 Å². The van der Waals surface area contributed by atoms with Crippen LogP contribution in [-0.2, 0) is 17.8 Å². The first-order valence-electron chi connectivity index (χ1n) is 10.5. The van der Waals surface area contributed by atoms with Gasteiger partial charge in [-0.05, 0) is 60.5 Å². The van der Waals surface area contributed by atoms with E-state index in [9.17, 15) is 10.1 Å². The molecule has 0 atom stereocenters. The maximum Gasteiger partial charge on any atom is 0.262 e. The lowest BCUT2D eigenvalue weighted by molar-refractivity contribution is -0.117. The zero-order valence-electron chi connectivity index (χ0n) is 19.3. The molecule has 0 saturated heterocycles. The zero-order chi connectivity index (χ0) is 24.3. The molecule has 34 heavy (non-hydrogen) atoms. The molecule has 0 fully saturated rings. The molecular weight excluding hydrogens is 436 g/mol. The number of benzene rings is 2. The maximum atomic E-state index is 12.4. The average Bonchev–Trinajstić information content (AvgIpc) is 3.33. The van der Waals surface area contributed by atoms with Crippen molar-refractivity contribution in [1.29, 1.82) is 5.26 Å². The maximum absolute atomic E-state index is 12.4. The number of rotatable bonds is 11. The number of furan rings is 1. The molecule has 8 nitrogen and oxygen atoms in total. The highest BCUT2D eigenvalue weighted by atomic mass is 16.5. The Labute approximate surface area is 198 Å². The quantitative estimate of drug-likeness (QED) is 0.337. The summed E-state index contributed by atoms with van der Waals surface area (Å²) in [6.07, 6.45) is 1.97. The van der Waals surface area contributed by atoms with Gasteiger partial charge in [0.15, 0.2) is 11.5 Å². The van der Waals surface area contributed by atoms with Crippen molar-refractivity contribution in [3.05, 3.63) is 77.3 Å². The van der Waals surface area contributed by atoms with Crippen LogP contribution in [0.25, 0.3) is 6.08 Å². The predicted octanol–water partition coefficient (Wildman–Crippen LogP) is 4.15. The summed E-state index contributed by atoms with van der Waals surface area (Å²) in [6.45, 7) is 0.562. The van der Waals surface area contributed by atoms with Gasteiger partial charge < -0.3 is 28.7 Å². The Morgan fingerprint density at radius 2 is 1.71 bits per heavy atom. The first-order valence-corrected chi connectivity index (χ1v) is 10.5. The standard InChI is InChI=1S/C26H26N2O6/c1-30-20-5-7-21(8-6-20)33-17-23-10-9-22(34-23)15-19(16-27)26(29)28-13-12-18-4-11-24(31-2)25(14-18)32-3/h4-11,14-15H,12-13,17H2,1-3H3,(H,28,29). The van der Waals surface area contributed by atoms with Gasteiger partial charge >= 0.3 is 0 Å². The fourth-order valence-corrected chi connectivity index (χ4v) is 3.12. The minimum Gasteiger partial charge on any atom is -0.497 e. The third-order valence-corrected chi connectivity index (χ3v) is 4.92. The highest BCUT2D eigenvalue weighted by Gasteiger charge is 2.11. The van der Waals surface area contributed by atoms with Gasteiger partial charge in [-0.2, -0.15) is 5.26 Å².